The lowest BCUT2D eigenvalue weighted by Gasteiger charge is -2.15. The Hall–Kier alpha value is -3.57. The first-order valence-corrected chi connectivity index (χ1v) is 7.74. The van der Waals surface area contributed by atoms with Crippen molar-refractivity contribution in [2.24, 2.45) is 5.11 Å². The smallest absolute Gasteiger partial charge is 0.244 e. The molecule has 2 N–H and O–H groups in total. The predicted octanol–water partition coefficient (Wildman–Crippen LogP) is 3.74. The molecule has 3 rings (SSSR count). The molecule has 2 aromatic heterocycles. The topological polar surface area (TPSA) is 107 Å². The minimum Gasteiger partial charge on any atom is -0.346 e. The van der Waals surface area contributed by atoms with Crippen LogP contribution in [0.5, 0.6) is 0 Å². The summed E-state index contributed by atoms with van der Waals surface area (Å²) < 4.78 is 0. The molecule has 0 saturated carbocycles. The first kappa shape index (κ1) is 16.3. The van der Waals surface area contributed by atoms with Crippen molar-refractivity contribution >= 4 is 23.0 Å². The Balaban J connectivity index is 1.74. The number of aromatic nitrogens is 2. The zero-order chi connectivity index (χ0) is 17.5. The largest absolute Gasteiger partial charge is 0.346 e. The number of amides is 1. The van der Waals surface area contributed by atoms with E-state index in [1.807, 2.05) is 42.5 Å². The summed E-state index contributed by atoms with van der Waals surface area (Å²) >= 11 is 0. The molecule has 0 spiro atoms. The van der Waals surface area contributed by atoms with Crippen molar-refractivity contribution in [1.29, 1.82) is 0 Å². The molecular formula is C18H16N6O. The molecule has 3 aromatic rings. The molecule has 0 bridgehead atoms. The van der Waals surface area contributed by atoms with Crippen LogP contribution < -0.4 is 5.32 Å². The molecule has 124 valence electrons. The third kappa shape index (κ3) is 4.04. The second-order valence-electron chi connectivity index (χ2n) is 5.36. The highest BCUT2D eigenvalue weighted by Gasteiger charge is 2.12. The number of pyridine rings is 1. The van der Waals surface area contributed by atoms with Crippen LogP contribution in [-0.2, 0) is 4.79 Å². The number of nitrogens with one attached hydrogen (secondary N) is 2. The molecule has 25 heavy (non-hydrogen) atoms. The minimum absolute atomic E-state index is 0.150. The molecule has 1 aromatic carbocycles. The number of nitrogens with zero attached hydrogens (tertiary/aromatic N) is 4. The van der Waals surface area contributed by atoms with Crippen molar-refractivity contribution in [3.63, 3.8) is 0 Å². The number of carbonyl (C=O) groups excluding carboxylic acids is 1. The summed E-state index contributed by atoms with van der Waals surface area (Å²) in [6, 6.07) is 12.8. The van der Waals surface area contributed by atoms with Gasteiger partial charge in [-0.2, -0.15) is 0 Å². The van der Waals surface area contributed by atoms with E-state index in [0.29, 0.717) is 0 Å². The molecule has 7 heteroatoms. The maximum Gasteiger partial charge on any atom is 0.244 e. The van der Waals surface area contributed by atoms with E-state index in [4.69, 9.17) is 5.53 Å². The molecular weight excluding hydrogens is 316 g/mol. The number of benzene rings is 1. The van der Waals surface area contributed by atoms with E-state index < -0.39 is 0 Å². The predicted molar refractivity (Wildman–Crippen MR) is 96.5 cm³/mol. The zero-order valence-corrected chi connectivity index (χ0v) is 13.3. The van der Waals surface area contributed by atoms with E-state index >= 15 is 0 Å². The van der Waals surface area contributed by atoms with Crippen LogP contribution in [0.15, 0.2) is 66.0 Å². The number of H-pyrrole nitrogens is 1. The van der Waals surface area contributed by atoms with Crippen molar-refractivity contribution in [3.8, 4) is 0 Å². The number of aromatic amines is 1. The average Bonchev–Trinajstić information content (AvgIpc) is 3.07. The summed E-state index contributed by atoms with van der Waals surface area (Å²) in [4.78, 5) is 22.3. The molecule has 0 aliphatic carbocycles. The van der Waals surface area contributed by atoms with Gasteiger partial charge in [0.2, 0.25) is 5.91 Å². The van der Waals surface area contributed by atoms with Gasteiger partial charge in [0.05, 0.1) is 12.6 Å². The highest BCUT2D eigenvalue weighted by atomic mass is 16.1. The molecule has 1 amide bonds. The summed E-state index contributed by atoms with van der Waals surface area (Å²) in [6.45, 7) is 0.150. The molecule has 7 nitrogen and oxygen atoms in total. The fourth-order valence-electron chi connectivity index (χ4n) is 2.54. The Morgan fingerprint density at radius 3 is 2.96 bits per heavy atom. The third-order valence-electron chi connectivity index (χ3n) is 3.74. The lowest BCUT2D eigenvalue weighted by molar-refractivity contribution is -0.117. The lowest BCUT2D eigenvalue weighted by atomic mass is 10.1. The Bertz CT molecular complexity index is 940. The summed E-state index contributed by atoms with van der Waals surface area (Å²) in [5.74, 6) is -0.264. The number of carbonyl (C=O) groups is 1. The van der Waals surface area contributed by atoms with Crippen molar-refractivity contribution < 1.29 is 4.79 Å². The summed E-state index contributed by atoms with van der Waals surface area (Å²) in [6.07, 6.45) is 6.70. The SMILES string of the molecule is [N-]=[N+]=NC[C@@H](NC(=O)C=Cc1c[nH]c2ncccc12)c1ccccc1. The number of fused-ring (bicyclic) bond motifs is 1. The Labute approximate surface area is 144 Å². The van der Waals surface area contributed by atoms with E-state index in [1.54, 1.807) is 18.5 Å². The highest BCUT2D eigenvalue weighted by molar-refractivity contribution is 5.95. The number of hydrogen-bond donors (Lipinski definition) is 2. The first-order chi connectivity index (χ1) is 12.3. The normalized spacial score (nSPS) is 12.0. The Kier molecular flexibility index (Phi) is 5.09. The Morgan fingerprint density at radius 1 is 1.32 bits per heavy atom. The second-order valence-corrected chi connectivity index (χ2v) is 5.36. The van der Waals surface area contributed by atoms with Gasteiger partial charge in [-0.1, -0.05) is 35.4 Å². The third-order valence-corrected chi connectivity index (χ3v) is 3.74. The van der Waals surface area contributed by atoms with Gasteiger partial charge in [-0.3, -0.25) is 4.79 Å². The van der Waals surface area contributed by atoms with Gasteiger partial charge in [0.15, 0.2) is 0 Å². The Morgan fingerprint density at radius 2 is 2.16 bits per heavy atom. The molecule has 0 aliphatic heterocycles. The fraction of sp³-hybridized carbons (Fsp3) is 0.111. The van der Waals surface area contributed by atoms with Gasteiger partial charge in [0.1, 0.15) is 5.65 Å². The monoisotopic (exact) mass is 332 g/mol. The van der Waals surface area contributed by atoms with E-state index in [2.05, 4.69) is 25.3 Å². The fourth-order valence-corrected chi connectivity index (χ4v) is 2.54. The van der Waals surface area contributed by atoms with E-state index in [1.165, 1.54) is 6.08 Å². The maximum absolute atomic E-state index is 12.3. The molecule has 0 aliphatic rings. The molecule has 2 heterocycles. The molecule has 0 unspecified atom stereocenters. The van der Waals surface area contributed by atoms with Crippen LogP contribution in [0, 0.1) is 0 Å². The first-order valence-electron chi connectivity index (χ1n) is 7.74. The van der Waals surface area contributed by atoms with Crippen molar-refractivity contribution in [1.82, 2.24) is 15.3 Å². The lowest BCUT2D eigenvalue weighted by Crippen LogP contribution is -2.28. The summed E-state index contributed by atoms with van der Waals surface area (Å²) in [7, 11) is 0. The van der Waals surface area contributed by atoms with E-state index in [9.17, 15) is 4.79 Å². The second kappa shape index (κ2) is 7.81. The van der Waals surface area contributed by atoms with Crippen LogP contribution in [0.25, 0.3) is 27.6 Å². The zero-order valence-electron chi connectivity index (χ0n) is 13.3. The van der Waals surface area contributed by atoms with Gasteiger partial charge in [0.25, 0.3) is 0 Å². The minimum atomic E-state index is -0.376. The van der Waals surface area contributed by atoms with Gasteiger partial charge in [-0.25, -0.2) is 4.98 Å². The van der Waals surface area contributed by atoms with Gasteiger partial charge < -0.3 is 10.3 Å². The molecule has 1 atom stereocenters. The maximum atomic E-state index is 12.3. The van der Waals surface area contributed by atoms with Crippen molar-refractivity contribution in [2.45, 2.75) is 6.04 Å². The van der Waals surface area contributed by atoms with Gasteiger partial charge >= 0.3 is 0 Å². The van der Waals surface area contributed by atoms with Crippen LogP contribution in [0.1, 0.15) is 17.2 Å². The van der Waals surface area contributed by atoms with Gasteiger partial charge in [-0.05, 0) is 29.3 Å². The van der Waals surface area contributed by atoms with Crippen LogP contribution in [0.2, 0.25) is 0 Å². The molecule has 0 fully saturated rings. The van der Waals surface area contributed by atoms with Crippen LogP contribution >= 0.6 is 0 Å². The van der Waals surface area contributed by atoms with Gasteiger partial charge in [0, 0.05) is 34.3 Å². The average molecular weight is 332 g/mol. The van der Waals surface area contributed by atoms with Crippen LogP contribution in [0.4, 0.5) is 0 Å². The van der Waals surface area contributed by atoms with E-state index in [-0.39, 0.29) is 18.5 Å². The molecule has 0 radical (unpaired) electrons. The van der Waals surface area contributed by atoms with Crippen molar-refractivity contribution in [2.75, 3.05) is 6.54 Å². The molecule has 0 saturated heterocycles. The van der Waals surface area contributed by atoms with E-state index in [0.717, 1.165) is 22.2 Å². The van der Waals surface area contributed by atoms with Gasteiger partial charge in [-0.15, -0.1) is 0 Å². The van der Waals surface area contributed by atoms with Crippen LogP contribution in [-0.4, -0.2) is 22.4 Å². The van der Waals surface area contributed by atoms with Crippen LogP contribution in [0.3, 0.4) is 0 Å². The summed E-state index contributed by atoms with van der Waals surface area (Å²) in [5, 5.41) is 7.39. The number of azide groups is 1. The number of rotatable bonds is 6. The quantitative estimate of drug-likeness (QED) is 0.310. The standard InChI is InChI=1S/C18H16N6O/c19-24-22-12-16(13-5-2-1-3-6-13)23-17(25)9-8-14-11-21-18-15(14)7-4-10-20-18/h1-11,16H,12H2,(H,20,21)(H,23,25)/t16-/m1/s1. The summed E-state index contributed by atoms with van der Waals surface area (Å²) in [5.41, 5.74) is 11.1. The van der Waals surface area contributed by atoms with Crippen molar-refractivity contribution in [3.05, 3.63) is 82.5 Å². The highest BCUT2D eigenvalue weighted by Crippen LogP contribution is 2.17. The number of hydrogen-bond acceptors (Lipinski definition) is 3.